The van der Waals surface area contributed by atoms with E-state index in [1.54, 1.807) is 29.2 Å². The van der Waals surface area contributed by atoms with Crippen molar-refractivity contribution in [1.29, 1.82) is 5.26 Å². The maximum atomic E-state index is 12.7. The zero-order valence-electron chi connectivity index (χ0n) is 13.0. The van der Waals surface area contributed by atoms with Gasteiger partial charge in [0.15, 0.2) is 5.82 Å². The predicted octanol–water partition coefficient (Wildman–Crippen LogP) is 2.52. The number of aromatic nitrogens is 2. The first-order chi connectivity index (χ1) is 11.2. The summed E-state index contributed by atoms with van der Waals surface area (Å²) >= 11 is 0. The number of nitriles is 1. The van der Waals surface area contributed by atoms with E-state index in [-0.39, 0.29) is 11.8 Å². The highest BCUT2D eigenvalue weighted by Gasteiger charge is 2.29. The van der Waals surface area contributed by atoms with Crippen LogP contribution in [0, 0.1) is 11.3 Å². The van der Waals surface area contributed by atoms with Crippen LogP contribution in [-0.4, -0.2) is 34.0 Å². The average molecular weight is 310 g/mol. The number of piperidine rings is 1. The van der Waals surface area contributed by atoms with Gasteiger partial charge in [-0.15, -0.1) is 0 Å². The van der Waals surface area contributed by atoms with Crippen LogP contribution >= 0.6 is 0 Å². The lowest BCUT2D eigenvalue weighted by Gasteiger charge is -2.31. The molecule has 0 N–H and O–H groups in total. The lowest BCUT2D eigenvalue weighted by atomic mass is 9.97. The molecule has 1 amide bonds. The minimum absolute atomic E-state index is 0.0537. The number of amides is 1. The van der Waals surface area contributed by atoms with Crippen molar-refractivity contribution in [3.63, 3.8) is 0 Å². The molecule has 0 unspecified atom stereocenters. The van der Waals surface area contributed by atoms with E-state index < -0.39 is 0 Å². The number of benzene rings is 1. The SMILES string of the molecule is CCc1noc([C@@H]2CCCN(C(=O)c3cccc(C#N)c3)C2)n1. The first-order valence-electron chi connectivity index (χ1n) is 7.83. The van der Waals surface area contributed by atoms with E-state index in [1.165, 1.54) is 0 Å². The van der Waals surface area contributed by atoms with Gasteiger partial charge in [-0.3, -0.25) is 4.79 Å². The second-order valence-electron chi connectivity index (χ2n) is 5.69. The average Bonchev–Trinajstić information content (AvgIpc) is 3.10. The fourth-order valence-electron chi connectivity index (χ4n) is 2.84. The second kappa shape index (κ2) is 6.61. The Labute approximate surface area is 134 Å². The number of hydrogen-bond donors (Lipinski definition) is 0. The van der Waals surface area contributed by atoms with Gasteiger partial charge in [0.1, 0.15) is 0 Å². The van der Waals surface area contributed by atoms with Gasteiger partial charge in [-0.25, -0.2) is 0 Å². The lowest BCUT2D eigenvalue weighted by Crippen LogP contribution is -2.39. The molecular formula is C17H18N4O2. The van der Waals surface area contributed by atoms with Crippen LogP contribution in [0.5, 0.6) is 0 Å². The van der Waals surface area contributed by atoms with Gasteiger partial charge in [0, 0.05) is 25.1 Å². The van der Waals surface area contributed by atoms with Gasteiger partial charge in [-0.05, 0) is 31.0 Å². The Morgan fingerprint density at radius 2 is 2.39 bits per heavy atom. The number of hydrogen-bond acceptors (Lipinski definition) is 5. The third kappa shape index (κ3) is 3.24. The zero-order valence-corrected chi connectivity index (χ0v) is 13.0. The van der Waals surface area contributed by atoms with Crippen molar-refractivity contribution in [2.45, 2.75) is 32.1 Å². The quantitative estimate of drug-likeness (QED) is 0.870. The number of rotatable bonds is 3. The van der Waals surface area contributed by atoms with Gasteiger partial charge < -0.3 is 9.42 Å². The molecule has 23 heavy (non-hydrogen) atoms. The zero-order chi connectivity index (χ0) is 16.2. The summed E-state index contributed by atoms with van der Waals surface area (Å²) in [4.78, 5) is 18.8. The summed E-state index contributed by atoms with van der Waals surface area (Å²) in [5.41, 5.74) is 1.04. The van der Waals surface area contributed by atoms with Crippen LogP contribution in [0.1, 0.15) is 53.3 Å². The normalized spacial score (nSPS) is 17.7. The Morgan fingerprint density at radius 3 is 3.13 bits per heavy atom. The number of aryl methyl sites for hydroxylation is 1. The van der Waals surface area contributed by atoms with Crippen LogP contribution in [0.3, 0.4) is 0 Å². The Morgan fingerprint density at radius 1 is 1.52 bits per heavy atom. The second-order valence-corrected chi connectivity index (χ2v) is 5.69. The minimum atomic E-state index is -0.0537. The van der Waals surface area contributed by atoms with Gasteiger partial charge in [0.25, 0.3) is 5.91 Å². The molecule has 1 aromatic carbocycles. The Kier molecular flexibility index (Phi) is 4.38. The van der Waals surface area contributed by atoms with Crippen LogP contribution in [0.4, 0.5) is 0 Å². The molecule has 6 nitrogen and oxygen atoms in total. The van der Waals surface area contributed by atoms with Crippen LogP contribution in [0.15, 0.2) is 28.8 Å². The summed E-state index contributed by atoms with van der Waals surface area (Å²) in [6.45, 7) is 3.26. The first-order valence-corrected chi connectivity index (χ1v) is 7.83. The third-order valence-electron chi connectivity index (χ3n) is 4.10. The molecule has 0 saturated carbocycles. The van der Waals surface area contributed by atoms with Crippen molar-refractivity contribution in [2.75, 3.05) is 13.1 Å². The molecule has 1 aliphatic rings. The van der Waals surface area contributed by atoms with Gasteiger partial charge >= 0.3 is 0 Å². The van der Waals surface area contributed by atoms with Crippen LogP contribution in [0.25, 0.3) is 0 Å². The van der Waals surface area contributed by atoms with Crippen molar-refractivity contribution in [3.8, 4) is 6.07 Å². The number of nitrogens with zero attached hydrogens (tertiary/aromatic N) is 4. The van der Waals surface area contributed by atoms with Gasteiger partial charge in [-0.2, -0.15) is 10.2 Å². The van der Waals surface area contributed by atoms with Gasteiger partial charge in [0.2, 0.25) is 5.89 Å². The van der Waals surface area contributed by atoms with Crippen LogP contribution < -0.4 is 0 Å². The fourth-order valence-corrected chi connectivity index (χ4v) is 2.84. The van der Waals surface area contributed by atoms with Crippen molar-refractivity contribution in [2.24, 2.45) is 0 Å². The number of carbonyl (C=O) groups is 1. The molecule has 0 radical (unpaired) electrons. The van der Waals surface area contributed by atoms with E-state index in [4.69, 9.17) is 9.78 Å². The largest absolute Gasteiger partial charge is 0.339 e. The number of carbonyl (C=O) groups excluding carboxylic acids is 1. The number of likely N-dealkylation sites (tertiary alicyclic amines) is 1. The third-order valence-corrected chi connectivity index (χ3v) is 4.10. The molecule has 1 fully saturated rings. The van der Waals surface area contributed by atoms with Crippen molar-refractivity contribution in [3.05, 3.63) is 47.1 Å². The molecule has 1 atom stereocenters. The molecule has 0 spiro atoms. The molecule has 1 aliphatic heterocycles. The van der Waals surface area contributed by atoms with E-state index in [9.17, 15) is 4.79 Å². The topological polar surface area (TPSA) is 83.0 Å². The van der Waals surface area contributed by atoms with Gasteiger partial charge in [0.05, 0.1) is 17.6 Å². The Balaban J connectivity index is 1.75. The standard InChI is InChI=1S/C17H18N4O2/c1-2-15-19-16(23-20-15)14-7-4-8-21(11-14)17(22)13-6-3-5-12(9-13)10-18/h3,5-6,9,14H,2,4,7-8,11H2,1H3/t14-/m1/s1. The minimum Gasteiger partial charge on any atom is -0.339 e. The molecule has 0 bridgehead atoms. The molecule has 1 saturated heterocycles. The summed E-state index contributed by atoms with van der Waals surface area (Å²) in [5.74, 6) is 1.34. The highest BCUT2D eigenvalue weighted by atomic mass is 16.5. The van der Waals surface area contributed by atoms with E-state index in [0.717, 1.165) is 19.3 Å². The van der Waals surface area contributed by atoms with E-state index in [2.05, 4.69) is 16.2 Å². The molecular weight excluding hydrogens is 292 g/mol. The maximum Gasteiger partial charge on any atom is 0.253 e. The predicted molar refractivity (Wildman–Crippen MR) is 82.7 cm³/mol. The Bertz CT molecular complexity index is 747. The molecule has 1 aromatic heterocycles. The van der Waals surface area contributed by atoms with Crippen molar-refractivity contribution < 1.29 is 9.32 Å². The monoisotopic (exact) mass is 310 g/mol. The van der Waals surface area contributed by atoms with E-state index >= 15 is 0 Å². The molecule has 6 heteroatoms. The van der Waals surface area contributed by atoms with E-state index in [0.29, 0.717) is 35.9 Å². The van der Waals surface area contributed by atoms with E-state index in [1.807, 2.05) is 6.92 Å². The Hall–Kier alpha value is -2.68. The fraction of sp³-hybridized carbons (Fsp3) is 0.412. The summed E-state index contributed by atoms with van der Waals surface area (Å²) < 4.78 is 5.32. The smallest absolute Gasteiger partial charge is 0.253 e. The molecule has 2 aromatic rings. The van der Waals surface area contributed by atoms with Crippen LogP contribution in [0.2, 0.25) is 0 Å². The van der Waals surface area contributed by atoms with Gasteiger partial charge in [-0.1, -0.05) is 18.1 Å². The molecule has 3 rings (SSSR count). The summed E-state index contributed by atoms with van der Waals surface area (Å²) in [5, 5.41) is 12.9. The maximum absolute atomic E-state index is 12.7. The van der Waals surface area contributed by atoms with Crippen molar-refractivity contribution in [1.82, 2.24) is 15.0 Å². The molecule has 2 heterocycles. The molecule has 118 valence electrons. The summed E-state index contributed by atoms with van der Waals surface area (Å²) in [6, 6.07) is 8.87. The highest BCUT2D eigenvalue weighted by molar-refractivity contribution is 5.94. The highest BCUT2D eigenvalue weighted by Crippen LogP contribution is 2.26. The van der Waals surface area contributed by atoms with Crippen LogP contribution in [-0.2, 0) is 6.42 Å². The first kappa shape index (κ1) is 15.2. The summed E-state index contributed by atoms with van der Waals surface area (Å²) in [6.07, 6.45) is 2.57. The van der Waals surface area contributed by atoms with Crippen molar-refractivity contribution >= 4 is 5.91 Å². The summed E-state index contributed by atoms with van der Waals surface area (Å²) in [7, 11) is 0. The molecule has 0 aliphatic carbocycles. The lowest BCUT2D eigenvalue weighted by molar-refractivity contribution is 0.0695.